The predicted octanol–water partition coefficient (Wildman–Crippen LogP) is -2.06. The van der Waals surface area contributed by atoms with E-state index in [4.69, 9.17) is 27.0 Å². The van der Waals surface area contributed by atoms with Gasteiger partial charge in [0.1, 0.15) is 30.1 Å². The number of aliphatic carboxylic acids is 1. The molecule has 0 aromatic carbocycles. The average Bonchev–Trinajstić information content (AvgIpc) is 3.17. The molecule has 0 saturated carbocycles. The Labute approximate surface area is 154 Å². The first-order valence-electron chi connectivity index (χ1n) is 8.48. The minimum Gasteiger partial charge on any atom is -0.480 e. The summed E-state index contributed by atoms with van der Waals surface area (Å²) >= 11 is 0. The Hall–Kier alpha value is -2.38. The number of imidazole rings is 1. The van der Waals surface area contributed by atoms with Crippen molar-refractivity contribution in [3.63, 3.8) is 0 Å². The van der Waals surface area contributed by atoms with Gasteiger partial charge in [0.15, 0.2) is 17.7 Å². The number of rotatable bonds is 7. The lowest BCUT2D eigenvalue weighted by molar-refractivity contribution is -0.138. The molecule has 12 heteroatoms. The van der Waals surface area contributed by atoms with Crippen LogP contribution in [0.1, 0.15) is 25.5 Å². The number of nitrogens with two attached hydrogens (primary N) is 3. The van der Waals surface area contributed by atoms with Crippen LogP contribution in [-0.4, -0.2) is 71.2 Å². The Morgan fingerprint density at radius 3 is 2.67 bits per heavy atom. The van der Waals surface area contributed by atoms with Crippen molar-refractivity contribution < 1.29 is 24.9 Å². The summed E-state index contributed by atoms with van der Waals surface area (Å²) in [6, 6.07) is -1.44. The van der Waals surface area contributed by atoms with Gasteiger partial charge in [-0.1, -0.05) is 0 Å². The van der Waals surface area contributed by atoms with Crippen molar-refractivity contribution in [3.8, 4) is 0 Å². The van der Waals surface area contributed by atoms with E-state index in [9.17, 15) is 15.0 Å². The molecule has 3 rings (SSSR count). The summed E-state index contributed by atoms with van der Waals surface area (Å²) < 4.78 is 7.28. The van der Waals surface area contributed by atoms with Gasteiger partial charge in [-0.25, -0.2) is 15.0 Å². The van der Waals surface area contributed by atoms with E-state index in [-0.39, 0.29) is 18.7 Å². The van der Waals surface area contributed by atoms with E-state index >= 15 is 0 Å². The molecule has 0 bridgehead atoms. The molecule has 1 fully saturated rings. The van der Waals surface area contributed by atoms with E-state index < -0.39 is 42.6 Å². The molecule has 0 spiro atoms. The maximum atomic E-state index is 10.8. The smallest absolute Gasteiger partial charge is 0.320 e. The first-order chi connectivity index (χ1) is 12.8. The number of carboxylic acids is 1. The fourth-order valence-corrected chi connectivity index (χ4v) is 3.14. The van der Waals surface area contributed by atoms with Crippen molar-refractivity contribution in [3.05, 3.63) is 12.7 Å². The highest BCUT2D eigenvalue weighted by molar-refractivity contribution is 5.81. The lowest BCUT2D eigenvalue weighted by Gasteiger charge is -2.20. The normalized spacial score (nSPS) is 27.7. The number of ether oxygens (including phenoxy) is 1. The van der Waals surface area contributed by atoms with Gasteiger partial charge in [0.25, 0.3) is 0 Å². The lowest BCUT2D eigenvalue weighted by atomic mass is 9.98. The van der Waals surface area contributed by atoms with Crippen LogP contribution in [0.5, 0.6) is 0 Å². The number of fused-ring (bicyclic) bond motifs is 1. The van der Waals surface area contributed by atoms with Gasteiger partial charge in [0, 0.05) is 6.04 Å². The molecule has 148 valence electrons. The largest absolute Gasteiger partial charge is 0.480 e. The van der Waals surface area contributed by atoms with E-state index in [0.29, 0.717) is 17.6 Å². The molecule has 6 atom stereocenters. The molecule has 2 aromatic heterocycles. The molecule has 3 heterocycles. The number of carbonyl (C=O) groups is 1. The fraction of sp³-hybridized carbons (Fsp3) is 0.600. The molecule has 1 saturated heterocycles. The Balaban J connectivity index is 1.68. The van der Waals surface area contributed by atoms with Gasteiger partial charge in [0.2, 0.25) is 0 Å². The number of aliphatic hydroxyl groups excluding tert-OH is 2. The third-order valence-corrected chi connectivity index (χ3v) is 4.70. The zero-order chi connectivity index (χ0) is 19.7. The number of carboxylic acid groups (broad SMARTS) is 1. The number of hydrogen-bond acceptors (Lipinski definition) is 10. The minimum atomic E-state index is -1.22. The zero-order valence-electron chi connectivity index (χ0n) is 14.4. The molecule has 1 aliphatic rings. The van der Waals surface area contributed by atoms with E-state index in [1.165, 1.54) is 17.2 Å². The number of aromatic nitrogens is 4. The van der Waals surface area contributed by atoms with E-state index in [0.717, 1.165) is 0 Å². The summed E-state index contributed by atoms with van der Waals surface area (Å²) in [4.78, 5) is 22.8. The molecule has 0 unspecified atom stereocenters. The molecule has 2 aromatic rings. The number of aliphatic hydroxyl groups is 2. The fourth-order valence-electron chi connectivity index (χ4n) is 3.14. The van der Waals surface area contributed by atoms with Crippen LogP contribution in [0.2, 0.25) is 0 Å². The van der Waals surface area contributed by atoms with Gasteiger partial charge < -0.3 is 37.3 Å². The summed E-state index contributed by atoms with van der Waals surface area (Å²) in [5.74, 6) is -0.900. The van der Waals surface area contributed by atoms with Crippen LogP contribution in [0.3, 0.4) is 0 Å². The number of anilines is 1. The molecule has 0 amide bonds. The highest BCUT2D eigenvalue weighted by Gasteiger charge is 2.44. The SMILES string of the molecule is Nc1ncnc2c1ncn2[C@@H]1O[C@H](C[C@H](N)CC[C@H](N)C(=O)O)[C@@H](O)[C@H]1O. The second-order valence-corrected chi connectivity index (χ2v) is 6.65. The summed E-state index contributed by atoms with van der Waals surface area (Å²) in [6.07, 6.45) is -0.604. The molecule has 1 aliphatic heterocycles. The highest BCUT2D eigenvalue weighted by Crippen LogP contribution is 2.33. The van der Waals surface area contributed by atoms with Gasteiger partial charge in [-0.15, -0.1) is 0 Å². The average molecular weight is 381 g/mol. The van der Waals surface area contributed by atoms with Crippen molar-refractivity contribution in [2.75, 3.05) is 5.73 Å². The summed E-state index contributed by atoms with van der Waals surface area (Å²) in [5.41, 5.74) is 18.0. The lowest BCUT2D eigenvalue weighted by Crippen LogP contribution is -2.37. The molecule has 27 heavy (non-hydrogen) atoms. The topological polar surface area (TPSA) is 209 Å². The van der Waals surface area contributed by atoms with E-state index in [1.807, 2.05) is 0 Å². The molecular weight excluding hydrogens is 358 g/mol. The second kappa shape index (κ2) is 7.70. The van der Waals surface area contributed by atoms with Gasteiger partial charge >= 0.3 is 5.97 Å². The maximum Gasteiger partial charge on any atom is 0.320 e. The van der Waals surface area contributed by atoms with Crippen molar-refractivity contribution in [2.45, 2.75) is 55.9 Å². The van der Waals surface area contributed by atoms with Crippen LogP contribution in [0, 0.1) is 0 Å². The third-order valence-electron chi connectivity index (χ3n) is 4.70. The maximum absolute atomic E-state index is 10.8. The van der Waals surface area contributed by atoms with Crippen LogP contribution < -0.4 is 17.2 Å². The number of nitrogens with zero attached hydrogens (tertiary/aromatic N) is 4. The Bertz CT molecular complexity index is 815. The molecule has 9 N–H and O–H groups in total. The van der Waals surface area contributed by atoms with Gasteiger partial charge in [0.05, 0.1) is 12.4 Å². The van der Waals surface area contributed by atoms with Crippen LogP contribution in [0.4, 0.5) is 5.82 Å². The van der Waals surface area contributed by atoms with Crippen molar-refractivity contribution in [2.24, 2.45) is 11.5 Å². The van der Waals surface area contributed by atoms with Gasteiger partial charge in [-0.3, -0.25) is 9.36 Å². The third kappa shape index (κ3) is 3.84. The Morgan fingerprint density at radius 1 is 1.22 bits per heavy atom. The summed E-state index contributed by atoms with van der Waals surface area (Å²) in [6.45, 7) is 0. The van der Waals surface area contributed by atoms with Crippen molar-refractivity contribution >= 4 is 23.0 Å². The molecule has 0 radical (unpaired) electrons. The van der Waals surface area contributed by atoms with Crippen LogP contribution in [-0.2, 0) is 9.53 Å². The number of nitrogen functional groups attached to an aromatic ring is 1. The predicted molar refractivity (Wildman–Crippen MR) is 93.1 cm³/mol. The Kier molecular flexibility index (Phi) is 5.53. The van der Waals surface area contributed by atoms with E-state index in [2.05, 4.69) is 15.0 Å². The first kappa shape index (κ1) is 19.4. The first-order valence-corrected chi connectivity index (χ1v) is 8.48. The minimum absolute atomic E-state index is 0.195. The standard InChI is InChI=1S/C15H23N7O5/c16-6(1-2-7(17)15(25)26)3-8-10(23)11(24)14(27-8)22-5-21-9-12(18)19-4-20-13(9)22/h4-8,10-11,14,23-24H,1-3,16-17H2,(H,25,26)(H2,18,19,20)/t6-,7+,8-,10-,11-,14-/m1/s1. The Morgan fingerprint density at radius 2 is 1.96 bits per heavy atom. The van der Waals surface area contributed by atoms with Crippen LogP contribution in [0.15, 0.2) is 12.7 Å². The van der Waals surface area contributed by atoms with Gasteiger partial charge in [-0.2, -0.15) is 0 Å². The van der Waals surface area contributed by atoms with Gasteiger partial charge in [-0.05, 0) is 19.3 Å². The summed E-state index contributed by atoms with van der Waals surface area (Å²) in [7, 11) is 0. The molecular formula is C15H23N7O5. The molecule has 12 nitrogen and oxygen atoms in total. The van der Waals surface area contributed by atoms with E-state index in [1.54, 1.807) is 0 Å². The number of hydrogen-bond donors (Lipinski definition) is 6. The van der Waals surface area contributed by atoms with Crippen molar-refractivity contribution in [1.82, 2.24) is 19.5 Å². The van der Waals surface area contributed by atoms with Crippen LogP contribution >= 0.6 is 0 Å². The quantitative estimate of drug-likeness (QED) is 0.307. The van der Waals surface area contributed by atoms with Crippen LogP contribution in [0.25, 0.3) is 11.2 Å². The zero-order valence-corrected chi connectivity index (χ0v) is 14.4. The highest BCUT2D eigenvalue weighted by atomic mass is 16.6. The summed E-state index contributed by atoms with van der Waals surface area (Å²) in [5, 5.41) is 29.5. The monoisotopic (exact) mass is 381 g/mol. The second-order valence-electron chi connectivity index (χ2n) is 6.65. The molecule has 0 aliphatic carbocycles. The van der Waals surface area contributed by atoms with Crippen molar-refractivity contribution in [1.29, 1.82) is 0 Å².